The number of rotatable bonds is 5. The molecule has 154 valence electrons. The van der Waals surface area contributed by atoms with Crippen LogP contribution in [0.25, 0.3) is 0 Å². The van der Waals surface area contributed by atoms with Gasteiger partial charge in [0.1, 0.15) is 5.75 Å². The third-order valence-corrected chi connectivity index (χ3v) is 5.59. The molecule has 1 atom stereocenters. The first kappa shape index (κ1) is 19.8. The van der Waals surface area contributed by atoms with Crippen LogP contribution in [0.5, 0.6) is 17.2 Å². The fourth-order valence-corrected chi connectivity index (χ4v) is 4.14. The molecular weight excluding hydrogens is 378 g/mol. The van der Waals surface area contributed by atoms with E-state index in [1.165, 1.54) is 0 Å². The maximum absolute atomic E-state index is 13.6. The summed E-state index contributed by atoms with van der Waals surface area (Å²) in [6.07, 6.45) is 0.736. The van der Waals surface area contributed by atoms with Gasteiger partial charge in [0.2, 0.25) is 0 Å². The quantitative estimate of drug-likeness (QED) is 0.629. The Morgan fingerprint density at radius 2 is 1.47 bits per heavy atom. The molecule has 1 amide bonds. The van der Waals surface area contributed by atoms with Crippen molar-refractivity contribution in [3.8, 4) is 17.2 Å². The molecule has 4 rings (SSSR count). The zero-order valence-electron chi connectivity index (χ0n) is 17.4. The standard InChI is InChI=1S/C25H25NO4/c1-28-21-12-8-7-11-19(21)25(27)26-14-13-18-15-22(29-2)23(30-3)16-20(18)24(26)17-9-5-4-6-10-17/h4-12,15-16,24H,13-14H2,1-3H3/t24-/m1/s1. The number of para-hydroxylation sites is 1. The SMILES string of the molecule is COc1cc2c(cc1OC)[C@@H](c1ccccc1)N(C(=O)c1ccccc1OC)CC2. The minimum atomic E-state index is -0.229. The van der Waals surface area contributed by atoms with E-state index in [0.29, 0.717) is 29.4 Å². The first-order valence-corrected chi connectivity index (χ1v) is 9.91. The Morgan fingerprint density at radius 1 is 0.833 bits per heavy atom. The largest absolute Gasteiger partial charge is 0.496 e. The summed E-state index contributed by atoms with van der Waals surface area (Å²) in [6.45, 7) is 0.596. The topological polar surface area (TPSA) is 48.0 Å². The Hall–Kier alpha value is -3.47. The van der Waals surface area contributed by atoms with Crippen molar-refractivity contribution in [1.82, 2.24) is 4.90 Å². The van der Waals surface area contributed by atoms with Gasteiger partial charge in [-0.05, 0) is 47.4 Å². The minimum absolute atomic E-state index is 0.0539. The summed E-state index contributed by atoms with van der Waals surface area (Å²) in [4.78, 5) is 15.6. The van der Waals surface area contributed by atoms with Crippen molar-refractivity contribution in [3.05, 3.63) is 89.0 Å². The van der Waals surface area contributed by atoms with Crippen LogP contribution in [-0.2, 0) is 6.42 Å². The van der Waals surface area contributed by atoms with Crippen molar-refractivity contribution in [2.24, 2.45) is 0 Å². The molecule has 30 heavy (non-hydrogen) atoms. The highest BCUT2D eigenvalue weighted by atomic mass is 16.5. The highest BCUT2D eigenvalue weighted by Gasteiger charge is 2.34. The molecule has 0 radical (unpaired) electrons. The molecule has 3 aromatic rings. The lowest BCUT2D eigenvalue weighted by Gasteiger charge is -2.38. The lowest BCUT2D eigenvalue weighted by atomic mass is 9.87. The predicted molar refractivity (Wildman–Crippen MR) is 116 cm³/mol. The molecule has 1 heterocycles. The second-order valence-electron chi connectivity index (χ2n) is 7.17. The van der Waals surface area contributed by atoms with Crippen LogP contribution < -0.4 is 14.2 Å². The molecule has 0 saturated carbocycles. The summed E-state index contributed by atoms with van der Waals surface area (Å²) in [7, 11) is 4.85. The minimum Gasteiger partial charge on any atom is -0.496 e. The Balaban J connectivity index is 1.85. The molecule has 0 fully saturated rings. The molecule has 0 aliphatic carbocycles. The van der Waals surface area contributed by atoms with Gasteiger partial charge in [0.05, 0.1) is 32.9 Å². The molecule has 0 N–H and O–H groups in total. The third kappa shape index (κ3) is 3.47. The van der Waals surface area contributed by atoms with Crippen LogP contribution in [0.15, 0.2) is 66.7 Å². The van der Waals surface area contributed by atoms with Crippen LogP contribution >= 0.6 is 0 Å². The second-order valence-corrected chi connectivity index (χ2v) is 7.17. The van der Waals surface area contributed by atoms with Gasteiger partial charge in [-0.25, -0.2) is 0 Å². The van der Waals surface area contributed by atoms with Crippen molar-refractivity contribution in [3.63, 3.8) is 0 Å². The van der Waals surface area contributed by atoms with E-state index in [4.69, 9.17) is 14.2 Å². The smallest absolute Gasteiger partial charge is 0.258 e. The van der Waals surface area contributed by atoms with Crippen molar-refractivity contribution in [2.45, 2.75) is 12.5 Å². The van der Waals surface area contributed by atoms with E-state index in [1.807, 2.05) is 59.5 Å². The summed E-state index contributed by atoms with van der Waals surface area (Å²) >= 11 is 0. The van der Waals surface area contributed by atoms with Crippen LogP contribution in [0.3, 0.4) is 0 Å². The van der Waals surface area contributed by atoms with Gasteiger partial charge in [0.15, 0.2) is 11.5 Å². The number of hydrogen-bond donors (Lipinski definition) is 0. The first-order chi connectivity index (χ1) is 14.7. The molecule has 0 saturated heterocycles. The van der Waals surface area contributed by atoms with Crippen molar-refractivity contribution in [2.75, 3.05) is 27.9 Å². The van der Waals surface area contributed by atoms with Gasteiger partial charge in [0, 0.05) is 6.54 Å². The Morgan fingerprint density at radius 3 is 2.17 bits per heavy atom. The van der Waals surface area contributed by atoms with Crippen LogP contribution in [0.2, 0.25) is 0 Å². The number of methoxy groups -OCH3 is 3. The van der Waals surface area contributed by atoms with Gasteiger partial charge >= 0.3 is 0 Å². The Bertz CT molecular complexity index is 1050. The average Bonchev–Trinajstić information content (AvgIpc) is 2.82. The summed E-state index contributed by atoms with van der Waals surface area (Å²) in [5.41, 5.74) is 3.82. The predicted octanol–water partition coefficient (Wildman–Crippen LogP) is 4.50. The van der Waals surface area contributed by atoms with Gasteiger partial charge in [-0.1, -0.05) is 42.5 Å². The van der Waals surface area contributed by atoms with Gasteiger partial charge in [-0.2, -0.15) is 0 Å². The summed E-state index contributed by atoms with van der Waals surface area (Å²) in [5, 5.41) is 0. The zero-order valence-corrected chi connectivity index (χ0v) is 17.4. The van der Waals surface area contributed by atoms with Gasteiger partial charge < -0.3 is 19.1 Å². The number of fused-ring (bicyclic) bond motifs is 1. The maximum atomic E-state index is 13.6. The average molecular weight is 403 g/mol. The first-order valence-electron chi connectivity index (χ1n) is 9.91. The number of carbonyl (C=O) groups excluding carboxylic acids is 1. The van der Waals surface area contributed by atoms with Crippen LogP contribution in [0.4, 0.5) is 0 Å². The van der Waals surface area contributed by atoms with Crippen LogP contribution in [0, 0.1) is 0 Å². The number of nitrogens with zero attached hydrogens (tertiary/aromatic N) is 1. The van der Waals surface area contributed by atoms with E-state index in [1.54, 1.807) is 21.3 Å². The molecule has 0 unspecified atom stereocenters. The molecule has 5 nitrogen and oxygen atoms in total. The second kappa shape index (κ2) is 8.49. The number of benzene rings is 3. The highest BCUT2D eigenvalue weighted by molar-refractivity contribution is 5.97. The summed E-state index contributed by atoms with van der Waals surface area (Å²) in [5.74, 6) is 1.88. The fourth-order valence-electron chi connectivity index (χ4n) is 4.14. The maximum Gasteiger partial charge on any atom is 0.258 e. The van der Waals surface area contributed by atoms with Crippen LogP contribution in [-0.4, -0.2) is 38.7 Å². The molecular formula is C25H25NO4. The number of hydrogen-bond acceptors (Lipinski definition) is 4. The normalized spacial score (nSPS) is 15.3. The molecule has 5 heteroatoms. The van der Waals surface area contributed by atoms with E-state index in [9.17, 15) is 4.79 Å². The fraction of sp³-hybridized carbons (Fsp3) is 0.240. The number of amides is 1. The Kier molecular flexibility index (Phi) is 5.61. The highest BCUT2D eigenvalue weighted by Crippen LogP contribution is 2.41. The lowest BCUT2D eigenvalue weighted by Crippen LogP contribution is -2.40. The zero-order chi connectivity index (χ0) is 21.1. The summed E-state index contributed by atoms with van der Waals surface area (Å²) in [6, 6.07) is 21.2. The van der Waals surface area contributed by atoms with E-state index in [-0.39, 0.29) is 11.9 Å². The Labute approximate surface area is 176 Å². The van der Waals surface area contributed by atoms with Crippen molar-refractivity contribution >= 4 is 5.91 Å². The number of ether oxygens (including phenoxy) is 3. The van der Waals surface area contributed by atoms with E-state index >= 15 is 0 Å². The molecule has 0 aromatic heterocycles. The molecule has 0 bridgehead atoms. The van der Waals surface area contributed by atoms with Gasteiger partial charge in [-0.3, -0.25) is 4.79 Å². The monoisotopic (exact) mass is 403 g/mol. The van der Waals surface area contributed by atoms with Gasteiger partial charge in [-0.15, -0.1) is 0 Å². The van der Waals surface area contributed by atoms with Crippen molar-refractivity contribution < 1.29 is 19.0 Å². The van der Waals surface area contributed by atoms with E-state index < -0.39 is 0 Å². The molecule has 1 aliphatic rings. The van der Waals surface area contributed by atoms with Gasteiger partial charge in [0.25, 0.3) is 5.91 Å². The van der Waals surface area contributed by atoms with E-state index in [2.05, 4.69) is 12.1 Å². The lowest BCUT2D eigenvalue weighted by molar-refractivity contribution is 0.0690. The summed E-state index contributed by atoms with van der Waals surface area (Å²) < 4.78 is 16.5. The molecule has 3 aromatic carbocycles. The molecule has 1 aliphatic heterocycles. The van der Waals surface area contributed by atoms with Crippen molar-refractivity contribution in [1.29, 1.82) is 0 Å². The number of carbonyl (C=O) groups is 1. The molecule has 0 spiro atoms. The third-order valence-electron chi connectivity index (χ3n) is 5.59. The van der Waals surface area contributed by atoms with Crippen LogP contribution in [0.1, 0.15) is 33.1 Å². The van der Waals surface area contributed by atoms with E-state index in [0.717, 1.165) is 23.1 Å².